The van der Waals surface area contributed by atoms with E-state index in [4.69, 9.17) is 0 Å². The van der Waals surface area contributed by atoms with Crippen molar-refractivity contribution < 1.29 is 17.6 Å². The van der Waals surface area contributed by atoms with Crippen LogP contribution < -0.4 is 0 Å². The van der Waals surface area contributed by atoms with Gasteiger partial charge in [0.25, 0.3) is 0 Å². The van der Waals surface area contributed by atoms with E-state index in [1.54, 1.807) is 4.90 Å². The van der Waals surface area contributed by atoms with Crippen LogP contribution in [-0.2, 0) is 20.4 Å². The van der Waals surface area contributed by atoms with Crippen molar-refractivity contribution in [2.24, 2.45) is 5.92 Å². The average molecular weight is 327 g/mol. The highest BCUT2D eigenvalue weighted by Crippen LogP contribution is 2.19. The quantitative estimate of drug-likeness (QED) is 0.853. The molecule has 1 saturated heterocycles. The number of benzene rings is 1. The molecule has 1 aliphatic heterocycles. The topological polar surface area (TPSA) is 54.5 Å². The first-order valence-corrected chi connectivity index (χ1v) is 9.26. The van der Waals surface area contributed by atoms with E-state index >= 15 is 0 Å². The molecule has 0 bridgehead atoms. The highest BCUT2D eigenvalue weighted by Gasteiger charge is 2.32. The zero-order valence-corrected chi connectivity index (χ0v) is 13.8. The normalized spacial score (nSPS) is 18.2. The van der Waals surface area contributed by atoms with Crippen LogP contribution in [0.15, 0.2) is 24.3 Å². The Bertz CT molecular complexity index is 619. The first kappa shape index (κ1) is 16.9. The van der Waals surface area contributed by atoms with E-state index in [1.807, 2.05) is 0 Å². The van der Waals surface area contributed by atoms with Crippen molar-refractivity contribution in [3.05, 3.63) is 35.6 Å². The van der Waals surface area contributed by atoms with Gasteiger partial charge in [-0.1, -0.05) is 19.1 Å². The van der Waals surface area contributed by atoms with E-state index in [-0.39, 0.29) is 11.7 Å². The minimum atomic E-state index is -3.60. The SMILES string of the molecule is CC1CCN(C(=O)[C@@H](C)S(=O)(=O)Cc2ccc(F)cc2)CC1. The molecule has 0 radical (unpaired) electrons. The van der Waals surface area contributed by atoms with Crippen molar-refractivity contribution in [3.63, 3.8) is 0 Å². The second kappa shape index (κ2) is 6.77. The Morgan fingerprint density at radius 1 is 1.27 bits per heavy atom. The van der Waals surface area contributed by atoms with Gasteiger partial charge in [-0.05, 0) is 43.4 Å². The molecular weight excluding hydrogens is 305 g/mol. The van der Waals surface area contributed by atoms with E-state index in [0.717, 1.165) is 12.8 Å². The van der Waals surface area contributed by atoms with E-state index in [1.165, 1.54) is 31.2 Å². The number of halogens is 1. The van der Waals surface area contributed by atoms with Crippen molar-refractivity contribution >= 4 is 15.7 Å². The number of nitrogens with zero attached hydrogens (tertiary/aromatic N) is 1. The lowest BCUT2D eigenvalue weighted by molar-refractivity contribution is -0.131. The van der Waals surface area contributed by atoms with E-state index < -0.39 is 20.9 Å². The summed E-state index contributed by atoms with van der Waals surface area (Å²) in [7, 11) is -3.60. The third-order valence-corrected chi connectivity index (χ3v) is 6.28. The van der Waals surface area contributed by atoms with E-state index in [0.29, 0.717) is 24.6 Å². The van der Waals surface area contributed by atoms with Crippen molar-refractivity contribution in [1.29, 1.82) is 0 Å². The van der Waals surface area contributed by atoms with Crippen LogP contribution in [0.1, 0.15) is 32.3 Å². The average Bonchev–Trinajstić information content (AvgIpc) is 2.48. The molecule has 2 rings (SSSR count). The largest absolute Gasteiger partial charge is 0.342 e. The van der Waals surface area contributed by atoms with Gasteiger partial charge < -0.3 is 4.90 Å². The Morgan fingerprint density at radius 2 is 1.82 bits per heavy atom. The Hall–Kier alpha value is -1.43. The number of sulfone groups is 1. The minimum Gasteiger partial charge on any atom is -0.342 e. The van der Waals surface area contributed by atoms with Gasteiger partial charge in [-0.25, -0.2) is 12.8 Å². The van der Waals surface area contributed by atoms with Gasteiger partial charge in [0.15, 0.2) is 9.84 Å². The molecule has 0 aromatic heterocycles. The molecule has 1 fully saturated rings. The molecule has 1 aromatic carbocycles. The fourth-order valence-corrected chi connectivity index (χ4v) is 3.94. The molecule has 0 unspecified atom stereocenters. The maximum atomic E-state index is 12.9. The van der Waals surface area contributed by atoms with E-state index in [2.05, 4.69) is 6.92 Å². The molecule has 1 atom stereocenters. The van der Waals surface area contributed by atoms with Crippen LogP contribution in [0.3, 0.4) is 0 Å². The highest BCUT2D eigenvalue weighted by atomic mass is 32.2. The Morgan fingerprint density at radius 3 is 2.36 bits per heavy atom. The monoisotopic (exact) mass is 327 g/mol. The Labute approximate surface area is 131 Å². The predicted molar refractivity (Wildman–Crippen MR) is 83.5 cm³/mol. The molecule has 0 aliphatic carbocycles. The molecule has 0 N–H and O–H groups in total. The summed E-state index contributed by atoms with van der Waals surface area (Å²) in [5, 5.41) is -1.06. The molecule has 1 aromatic rings. The molecule has 22 heavy (non-hydrogen) atoms. The van der Waals surface area contributed by atoms with Crippen LogP contribution in [0.4, 0.5) is 4.39 Å². The molecule has 4 nitrogen and oxygen atoms in total. The number of carbonyl (C=O) groups is 1. The molecule has 1 amide bonds. The summed E-state index contributed by atoms with van der Waals surface area (Å²) < 4.78 is 37.7. The van der Waals surface area contributed by atoms with Gasteiger partial charge in [0.05, 0.1) is 5.75 Å². The van der Waals surface area contributed by atoms with Crippen molar-refractivity contribution in [3.8, 4) is 0 Å². The summed E-state index contributed by atoms with van der Waals surface area (Å²) in [5.41, 5.74) is 0.494. The van der Waals surface area contributed by atoms with Gasteiger partial charge in [0.1, 0.15) is 11.1 Å². The molecule has 122 valence electrons. The summed E-state index contributed by atoms with van der Waals surface area (Å²) >= 11 is 0. The van der Waals surface area contributed by atoms with Gasteiger partial charge >= 0.3 is 0 Å². The lowest BCUT2D eigenvalue weighted by atomic mass is 9.99. The maximum absolute atomic E-state index is 12.9. The second-order valence-electron chi connectivity index (χ2n) is 6.08. The van der Waals surface area contributed by atoms with Crippen molar-refractivity contribution in [1.82, 2.24) is 4.90 Å². The molecule has 0 spiro atoms. The smallest absolute Gasteiger partial charge is 0.240 e. The van der Waals surface area contributed by atoms with Crippen LogP contribution in [-0.4, -0.2) is 37.6 Å². The molecule has 1 aliphatic rings. The summed E-state index contributed by atoms with van der Waals surface area (Å²) in [6.45, 7) is 4.82. The van der Waals surface area contributed by atoms with Crippen LogP contribution >= 0.6 is 0 Å². The number of hydrogen-bond donors (Lipinski definition) is 0. The third-order valence-electron chi connectivity index (χ3n) is 4.26. The highest BCUT2D eigenvalue weighted by molar-refractivity contribution is 7.92. The molecular formula is C16H22FNO3S. The van der Waals surface area contributed by atoms with Crippen molar-refractivity contribution in [2.45, 2.75) is 37.7 Å². The lowest BCUT2D eigenvalue weighted by Crippen LogP contribution is -2.45. The summed E-state index contributed by atoms with van der Waals surface area (Å²) in [4.78, 5) is 14.0. The second-order valence-corrected chi connectivity index (χ2v) is 8.41. The van der Waals surface area contributed by atoms with Gasteiger partial charge in [-0.3, -0.25) is 4.79 Å². The summed E-state index contributed by atoms with van der Waals surface area (Å²) in [6.07, 6.45) is 1.83. The van der Waals surface area contributed by atoms with E-state index in [9.17, 15) is 17.6 Å². The number of likely N-dealkylation sites (tertiary alicyclic amines) is 1. The number of piperidine rings is 1. The number of rotatable bonds is 4. The number of carbonyl (C=O) groups excluding carboxylic acids is 1. The summed E-state index contributed by atoms with van der Waals surface area (Å²) in [6, 6.07) is 5.33. The van der Waals surface area contributed by atoms with Gasteiger partial charge in [-0.2, -0.15) is 0 Å². The zero-order chi connectivity index (χ0) is 16.3. The van der Waals surface area contributed by atoms with Gasteiger partial charge in [0.2, 0.25) is 5.91 Å². The molecule has 6 heteroatoms. The minimum absolute atomic E-state index is 0.246. The predicted octanol–water partition coefficient (Wildman–Crippen LogP) is 2.39. The Balaban J connectivity index is 2.04. The maximum Gasteiger partial charge on any atom is 0.240 e. The van der Waals surface area contributed by atoms with Crippen LogP contribution in [0.25, 0.3) is 0 Å². The number of hydrogen-bond acceptors (Lipinski definition) is 3. The van der Waals surface area contributed by atoms with Gasteiger partial charge in [0, 0.05) is 13.1 Å². The van der Waals surface area contributed by atoms with Crippen molar-refractivity contribution in [2.75, 3.05) is 13.1 Å². The number of amides is 1. The third kappa shape index (κ3) is 4.06. The molecule has 1 heterocycles. The summed E-state index contributed by atoms with van der Waals surface area (Å²) in [5.74, 6) is -0.401. The first-order valence-electron chi connectivity index (χ1n) is 7.54. The molecule has 0 saturated carbocycles. The first-order chi connectivity index (χ1) is 10.3. The van der Waals surface area contributed by atoms with Gasteiger partial charge in [-0.15, -0.1) is 0 Å². The zero-order valence-electron chi connectivity index (χ0n) is 13.0. The fraction of sp³-hybridized carbons (Fsp3) is 0.562. The Kier molecular flexibility index (Phi) is 5.21. The standard InChI is InChI=1S/C16H22FNO3S/c1-12-7-9-18(10-8-12)16(19)13(2)22(20,21)11-14-3-5-15(17)6-4-14/h3-6,12-13H,7-11H2,1-2H3/t13-/m1/s1. The van der Waals surface area contributed by atoms with Crippen LogP contribution in [0.5, 0.6) is 0 Å². The lowest BCUT2D eigenvalue weighted by Gasteiger charge is -2.32. The fourth-order valence-electron chi connectivity index (χ4n) is 2.58. The van der Waals surface area contributed by atoms with Crippen LogP contribution in [0.2, 0.25) is 0 Å². The van der Waals surface area contributed by atoms with Crippen LogP contribution in [0, 0.1) is 11.7 Å².